The van der Waals surface area contributed by atoms with Crippen LogP contribution in [0.25, 0.3) is 10.9 Å². The minimum absolute atomic E-state index is 0.0131. The Morgan fingerprint density at radius 3 is 2.32 bits per heavy atom. The van der Waals surface area contributed by atoms with Crippen molar-refractivity contribution in [3.05, 3.63) is 45.7 Å². The SMILES string of the molecule is CCCCCCCCCCc1ccc2[nH]c(=O)cc(C)c2c1. The van der Waals surface area contributed by atoms with Gasteiger partial charge in [-0.05, 0) is 43.0 Å². The molecule has 0 aliphatic heterocycles. The van der Waals surface area contributed by atoms with Crippen LogP contribution in [-0.2, 0) is 6.42 Å². The topological polar surface area (TPSA) is 32.9 Å². The van der Waals surface area contributed by atoms with E-state index in [1.165, 1.54) is 62.3 Å². The molecule has 0 amide bonds. The normalized spacial score (nSPS) is 11.2. The Morgan fingerprint density at radius 2 is 1.59 bits per heavy atom. The summed E-state index contributed by atoms with van der Waals surface area (Å²) in [5, 5.41) is 1.18. The standard InChI is InChI=1S/C20H29NO/c1-3-4-5-6-7-8-9-10-11-17-12-13-19-18(15-17)16(2)14-20(22)21-19/h12-15H,3-11H2,1-2H3,(H,21,22). The van der Waals surface area contributed by atoms with E-state index in [0.29, 0.717) is 0 Å². The number of aryl methyl sites for hydroxylation is 2. The fourth-order valence-corrected chi connectivity index (χ4v) is 3.09. The maximum Gasteiger partial charge on any atom is 0.248 e. The van der Waals surface area contributed by atoms with Gasteiger partial charge in [-0.1, -0.05) is 57.9 Å². The highest BCUT2D eigenvalue weighted by atomic mass is 16.1. The molecule has 0 saturated carbocycles. The molecule has 2 nitrogen and oxygen atoms in total. The van der Waals surface area contributed by atoms with Gasteiger partial charge in [0, 0.05) is 17.0 Å². The zero-order chi connectivity index (χ0) is 15.8. The molecule has 1 aromatic heterocycles. The molecule has 0 unspecified atom stereocenters. The van der Waals surface area contributed by atoms with Crippen molar-refractivity contribution >= 4 is 10.9 Å². The molecule has 0 bridgehead atoms. The molecule has 2 heteroatoms. The van der Waals surface area contributed by atoms with Crippen molar-refractivity contribution in [2.45, 2.75) is 71.6 Å². The van der Waals surface area contributed by atoms with E-state index in [-0.39, 0.29) is 5.56 Å². The van der Waals surface area contributed by atoms with Gasteiger partial charge in [0.15, 0.2) is 0 Å². The number of aromatic amines is 1. The third kappa shape index (κ3) is 5.01. The van der Waals surface area contributed by atoms with Crippen LogP contribution in [0.2, 0.25) is 0 Å². The number of fused-ring (bicyclic) bond motifs is 1. The maximum absolute atomic E-state index is 11.5. The first-order chi connectivity index (χ1) is 10.7. The minimum Gasteiger partial charge on any atom is -0.322 e. The zero-order valence-electron chi connectivity index (χ0n) is 14.1. The second-order valence-corrected chi connectivity index (χ2v) is 6.42. The molecule has 2 aromatic rings. The Labute approximate surface area is 134 Å². The molecule has 1 aromatic carbocycles. The minimum atomic E-state index is -0.0131. The molecular weight excluding hydrogens is 270 g/mol. The van der Waals surface area contributed by atoms with Gasteiger partial charge in [-0.3, -0.25) is 4.79 Å². The summed E-state index contributed by atoms with van der Waals surface area (Å²) in [6.45, 7) is 4.28. The van der Waals surface area contributed by atoms with Crippen LogP contribution in [0.15, 0.2) is 29.1 Å². The first-order valence-corrected chi connectivity index (χ1v) is 8.83. The smallest absolute Gasteiger partial charge is 0.248 e. The van der Waals surface area contributed by atoms with Crippen LogP contribution < -0.4 is 5.56 Å². The lowest BCUT2D eigenvalue weighted by molar-refractivity contribution is 0.575. The van der Waals surface area contributed by atoms with E-state index in [4.69, 9.17) is 0 Å². The van der Waals surface area contributed by atoms with Gasteiger partial charge in [-0.15, -0.1) is 0 Å². The van der Waals surface area contributed by atoms with E-state index in [1.54, 1.807) is 6.07 Å². The van der Waals surface area contributed by atoms with Crippen molar-refractivity contribution < 1.29 is 0 Å². The van der Waals surface area contributed by atoms with E-state index < -0.39 is 0 Å². The largest absolute Gasteiger partial charge is 0.322 e. The molecule has 0 saturated heterocycles. The van der Waals surface area contributed by atoms with Crippen LogP contribution in [-0.4, -0.2) is 4.98 Å². The van der Waals surface area contributed by atoms with Crippen molar-refractivity contribution in [3.63, 3.8) is 0 Å². The number of H-pyrrole nitrogens is 1. The number of aromatic nitrogens is 1. The first-order valence-electron chi connectivity index (χ1n) is 8.83. The summed E-state index contributed by atoms with van der Waals surface area (Å²) in [5.74, 6) is 0. The highest BCUT2D eigenvalue weighted by Crippen LogP contribution is 2.18. The van der Waals surface area contributed by atoms with Crippen LogP contribution in [0.4, 0.5) is 0 Å². The van der Waals surface area contributed by atoms with Gasteiger partial charge in [0.2, 0.25) is 5.56 Å². The summed E-state index contributed by atoms with van der Waals surface area (Å²) >= 11 is 0. The van der Waals surface area contributed by atoms with Crippen molar-refractivity contribution in [1.82, 2.24) is 4.98 Å². The Bertz CT molecular complexity index is 642. The third-order valence-electron chi connectivity index (χ3n) is 4.43. The van der Waals surface area contributed by atoms with E-state index in [2.05, 4.69) is 24.0 Å². The van der Waals surface area contributed by atoms with E-state index >= 15 is 0 Å². The Kier molecular flexibility index (Phi) is 6.70. The van der Waals surface area contributed by atoms with Gasteiger partial charge >= 0.3 is 0 Å². The van der Waals surface area contributed by atoms with Crippen molar-refractivity contribution in [1.29, 1.82) is 0 Å². The number of rotatable bonds is 9. The Morgan fingerprint density at radius 1 is 0.909 bits per heavy atom. The summed E-state index contributed by atoms with van der Waals surface area (Å²) in [6.07, 6.45) is 12.0. The molecule has 0 spiro atoms. The molecule has 0 atom stereocenters. The summed E-state index contributed by atoms with van der Waals surface area (Å²) in [7, 11) is 0. The molecule has 0 aliphatic carbocycles. The lowest BCUT2D eigenvalue weighted by Crippen LogP contribution is -2.04. The summed E-state index contributed by atoms with van der Waals surface area (Å²) in [4.78, 5) is 14.4. The van der Waals surface area contributed by atoms with Crippen LogP contribution in [0.1, 0.15) is 69.4 Å². The van der Waals surface area contributed by atoms with E-state index in [0.717, 1.165) is 17.5 Å². The molecule has 22 heavy (non-hydrogen) atoms. The predicted molar refractivity (Wildman–Crippen MR) is 95.6 cm³/mol. The second kappa shape index (κ2) is 8.77. The van der Waals surface area contributed by atoms with Crippen LogP contribution >= 0.6 is 0 Å². The number of unbranched alkanes of at least 4 members (excludes halogenated alkanes) is 7. The lowest BCUT2D eigenvalue weighted by atomic mass is 10.0. The van der Waals surface area contributed by atoms with Crippen LogP contribution in [0, 0.1) is 6.92 Å². The Balaban J connectivity index is 1.79. The fraction of sp³-hybridized carbons (Fsp3) is 0.550. The highest BCUT2D eigenvalue weighted by molar-refractivity contribution is 5.82. The highest BCUT2D eigenvalue weighted by Gasteiger charge is 2.01. The number of hydrogen-bond acceptors (Lipinski definition) is 1. The number of pyridine rings is 1. The molecule has 120 valence electrons. The predicted octanol–water partition coefficient (Wildman–Crippen LogP) is 5.52. The van der Waals surface area contributed by atoms with E-state index in [1.807, 2.05) is 13.0 Å². The molecule has 2 rings (SSSR count). The first kappa shape index (κ1) is 16.8. The zero-order valence-corrected chi connectivity index (χ0v) is 14.1. The summed E-state index contributed by atoms with van der Waals surface area (Å²) in [5.41, 5.74) is 3.38. The Hall–Kier alpha value is -1.57. The quantitative estimate of drug-likeness (QED) is 0.608. The van der Waals surface area contributed by atoms with Gasteiger partial charge in [0.25, 0.3) is 0 Å². The number of benzene rings is 1. The molecular formula is C20H29NO. The van der Waals surface area contributed by atoms with E-state index in [9.17, 15) is 4.79 Å². The summed E-state index contributed by atoms with van der Waals surface area (Å²) in [6, 6.07) is 8.12. The van der Waals surface area contributed by atoms with Crippen molar-refractivity contribution in [3.8, 4) is 0 Å². The molecule has 1 N–H and O–H groups in total. The van der Waals surface area contributed by atoms with Gasteiger partial charge in [-0.2, -0.15) is 0 Å². The second-order valence-electron chi connectivity index (χ2n) is 6.42. The molecule has 0 aliphatic rings. The number of nitrogens with one attached hydrogen (secondary N) is 1. The summed E-state index contributed by atoms with van der Waals surface area (Å²) < 4.78 is 0. The fourth-order valence-electron chi connectivity index (χ4n) is 3.09. The van der Waals surface area contributed by atoms with Crippen molar-refractivity contribution in [2.75, 3.05) is 0 Å². The number of hydrogen-bond donors (Lipinski definition) is 1. The van der Waals surface area contributed by atoms with Crippen LogP contribution in [0.3, 0.4) is 0 Å². The molecule has 0 fully saturated rings. The van der Waals surface area contributed by atoms with Gasteiger partial charge in [0.1, 0.15) is 0 Å². The van der Waals surface area contributed by atoms with Crippen molar-refractivity contribution in [2.24, 2.45) is 0 Å². The average Bonchev–Trinajstić information content (AvgIpc) is 2.50. The molecule has 1 heterocycles. The molecule has 0 radical (unpaired) electrons. The monoisotopic (exact) mass is 299 g/mol. The van der Waals surface area contributed by atoms with Gasteiger partial charge in [0.05, 0.1) is 0 Å². The maximum atomic E-state index is 11.5. The average molecular weight is 299 g/mol. The van der Waals surface area contributed by atoms with Gasteiger partial charge in [-0.25, -0.2) is 0 Å². The van der Waals surface area contributed by atoms with Gasteiger partial charge < -0.3 is 4.98 Å². The lowest BCUT2D eigenvalue weighted by Gasteiger charge is -2.06. The third-order valence-corrected chi connectivity index (χ3v) is 4.43. The van der Waals surface area contributed by atoms with Crippen LogP contribution in [0.5, 0.6) is 0 Å².